The molecule has 0 radical (unpaired) electrons. The predicted octanol–water partition coefficient (Wildman–Crippen LogP) is 3.58. The van der Waals surface area contributed by atoms with Crippen molar-refractivity contribution >= 4 is 11.6 Å². The van der Waals surface area contributed by atoms with E-state index in [9.17, 15) is 0 Å². The van der Waals surface area contributed by atoms with Gasteiger partial charge < -0.3 is 15.5 Å². The van der Waals surface area contributed by atoms with Gasteiger partial charge in [-0.3, -0.25) is 4.99 Å². The van der Waals surface area contributed by atoms with Gasteiger partial charge in [-0.15, -0.1) is 0 Å². The number of aliphatic imine (C=N–C) groups is 1. The van der Waals surface area contributed by atoms with Gasteiger partial charge in [-0.05, 0) is 55.2 Å². The summed E-state index contributed by atoms with van der Waals surface area (Å²) in [7, 11) is 1.78. The number of hydrogen-bond donors (Lipinski definition) is 2. The molecule has 0 bridgehead atoms. The van der Waals surface area contributed by atoms with Gasteiger partial charge in [0.05, 0.1) is 17.7 Å². The Morgan fingerprint density at radius 2 is 1.93 bits per heavy atom. The maximum absolute atomic E-state index is 8.88. The summed E-state index contributed by atoms with van der Waals surface area (Å²) in [4.78, 5) is 6.79. The van der Waals surface area contributed by atoms with Crippen molar-refractivity contribution < 1.29 is 0 Å². The van der Waals surface area contributed by atoms with E-state index in [1.165, 1.54) is 24.1 Å². The lowest BCUT2D eigenvalue weighted by atomic mass is 10.1. The van der Waals surface area contributed by atoms with E-state index in [1.807, 2.05) is 24.3 Å². The summed E-state index contributed by atoms with van der Waals surface area (Å²) in [6, 6.07) is 18.6. The zero-order chi connectivity index (χ0) is 19.1. The number of benzene rings is 2. The third kappa shape index (κ3) is 5.01. The normalized spacial score (nSPS) is 15.3. The molecule has 3 rings (SSSR count). The number of anilines is 1. The molecule has 0 amide bonds. The Morgan fingerprint density at radius 1 is 1.19 bits per heavy atom. The van der Waals surface area contributed by atoms with Crippen molar-refractivity contribution in [1.29, 1.82) is 5.26 Å². The SMILES string of the molecule is CN=C(NCc1ccc(C#N)cc1)NC(C)c1cccc(N2CCCC2)c1. The minimum atomic E-state index is 0.153. The highest BCUT2D eigenvalue weighted by Crippen LogP contribution is 2.23. The maximum atomic E-state index is 8.88. The molecule has 1 atom stereocenters. The van der Waals surface area contributed by atoms with Crippen molar-refractivity contribution in [1.82, 2.24) is 10.6 Å². The van der Waals surface area contributed by atoms with Crippen LogP contribution in [0.25, 0.3) is 0 Å². The standard InChI is InChI=1S/C22H27N5/c1-17(20-6-5-7-21(14-20)27-12-3-4-13-27)26-22(24-2)25-16-19-10-8-18(15-23)9-11-19/h5-11,14,17H,3-4,12-13,16H2,1-2H3,(H2,24,25,26). The molecule has 2 aromatic rings. The molecule has 1 heterocycles. The molecule has 0 aliphatic carbocycles. The van der Waals surface area contributed by atoms with Crippen LogP contribution in [0, 0.1) is 11.3 Å². The van der Waals surface area contributed by atoms with Gasteiger partial charge in [-0.25, -0.2) is 0 Å². The van der Waals surface area contributed by atoms with Crippen LogP contribution in [0.15, 0.2) is 53.5 Å². The molecule has 1 unspecified atom stereocenters. The van der Waals surface area contributed by atoms with Crippen molar-refractivity contribution in [2.75, 3.05) is 25.0 Å². The first kappa shape index (κ1) is 18.8. The van der Waals surface area contributed by atoms with Crippen LogP contribution in [-0.4, -0.2) is 26.1 Å². The summed E-state index contributed by atoms with van der Waals surface area (Å²) >= 11 is 0. The fourth-order valence-electron chi connectivity index (χ4n) is 3.33. The summed E-state index contributed by atoms with van der Waals surface area (Å²) < 4.78 is 0. The number of nitrogens with one attached hydrogen (secondary N) is 2. The molecule has 2 N–H and O–H groups in total. The third-order valence-electron chi connectivity index (χ3n) is 4.96. The first-order chi connectivity index (χ1) is 13.2. The van der Waals surface area contributed by atoms with E-state index in [1.54, 1.807) is 7.05 Å². The van der Waals surface area contributed by atoms with E-state index in [4.69, 9.17) is 5.26 Å². The van der Waals surface area contributed by atoms with Crippen molar-refractivity contribution in [2.24, 2.45) is 4.99 Å². The van der Waals surface area contributed by atoms with Gasteiger partial charge in [0.2, 0.25) is 0 Å². The van der Waals surface area contributed by atoms with Crippen molar-refractivity contribution in [2.45, 2.75) is 32.4 Å². The molecule has 1 fully saturated rings. The Balaban J connectivity index is 1.58. The fraction of sp³-hybridized carbons (Fsp3) is 0.364. The van der Waals surface area contributed by atoms with Gasteiger partial charge in [0, 0.05) is 32.4 Å². The van der Waals surface area contributed by atoms with Gasteiger partial charge in [0.1, 0.15) is 0 Å². The number of rotatable bonds is 5. The molecule has 0 spiro atoms. The summed E-state index contributed by atoms with van der Waals surface area (Å²) in [5.74, 6) is 0.762. The second kappa shape index (κ2) is 9.09. The van der Waals surface area contributed by atoms with E-state index in [0.717, 1.165) is 24.6 Å². The minimum absolute atomic E-state index is 0.153. The topological polar surface area (TPSA) is 63.5 Å². The van der Waals surface area contributed by atoms with Crippen LogP contribution < -0.4 is 15.5 Å². The highest BCUT2D eigenvalue weighted by Gasteiger charge is 2.14. The van der Waals surface area contributed by atoms with Crippen LogP contribution in [0.3, 0.4) is 0 Å². The average Bonchev–Trinajstić information content (AvgIpc) is 3.26. The molecule has 1 aliphatic rings. The summed E-state index contributed by atoms with van der Waals surface area (Å²) in [5, 5.41) is 15.7. The van der Waals surface area contributed by atoms with Crippen LogP contribution in [0.1, 0.15) is 42.5 Å². The van der Waals surface area contributed by atoms with Gasteiger partial charge >= 0.3 is 0 Å². The molecule has 5 nitrogen and oxygen atoms in total. The molecule has 1 saturated heterocycles. The van der Waals surface area contributed by atoms with Crippen LogP contribution >= 0.6 is 0 Å². The lowest BCUT2D eigenvalue weighted by Gasteiger charge is -2.22. The zero-order valence-corrected chi connectivity index (χ0v) is 16.1. The molecule has 140 valence electrons. The highest BCUT2D eigenvalue weighted by molar-refractivity contribution is 5.80. The Morgan fingerprint density at radius 3 is 2.59 bits per heavy atom. The van der Waals surface area contributed by atoms with Crippen LogP contribution in [0.4, 0.5) is 5.69 Å². The Labute approximate surface area is 161 Å². The Hall–Kier alpha value is -3.00. The number of hydrogen-bond acceptors (Lipinski definition) is 3. The van der Waals surface area contributed by atoms with Gasteiger partial charge in [-0.2, -0.15) is 5.26 Å². The first-order valence-electron chi connectivity index (χ1n) is 9.51. The monoisotopic (exact) mass is 361 g/mol. The average molecular weight is 361 g/mol. The van der Waals surface area contributed by atoms with Crippen molar-refractivity contribution in [3.63, 3.8) is 0 Å². The second-order valence-electron chi connectivity index (χ2n) is 6.89. The zero-order valence-electron chi connectivity index (χ0n) is 16.1. The maximum Gasteiger partial charge on any atom is 0.191 e. The highest BCUT2D eigenvalue weighted by atomic mass is 15.2. The van der Waals surface area contributed by atoms with Gasteiger partial charge in [-0.1, -0.05) is 24.3 Å². The molecule has 0 aromatic heterocycles. The lowest BCUT2D eigenvalue weighted by molar-refractivity contribution is 0.685. The van der Waals surface area contributed by atoms with Crippen molar-refractivity contribution in [3.05, 3.63) is 65.2 Å². The summed E-state index contributed by atoms with van der Waals surface area (Å²) in [6.45, 7) is 5.11. The second-order valence-corrected chi connectivity index (χ2v) is 6.89. The smallest absolute Gasteiger partial charge is 0.191 e. The number of nitrogens with zero attached hydrogens (tertiary/aromatic N) is 3. The molecule has 5 heteroatoms. The van der Waals surface area contributed by atoms with E-state index >= 15 is 0 Å². The molecule has 27 heavy (non-hydrogen) atoms. The molecular formula is C22H27N5. The number of guanidine groups is 1. The third-order valence-corrected chi connectivity index (χ3v) is 4.96. The van der Waals surface area contributed by atoms with Crippen LogP contribution in [-0.2, 0) is 6.54 Å². The largest absolute Gasteiger partial charge is 0.372 e. The summed E-state index contributed by atoms with van der Waals surface area (Å²) in [6.07, 6.45) is 2.56. The fourth-order valence-corrected chi connectivity index (χ4v) is 3.33. The van der Waals surface area contributed by atoms with E-state index in [-0.39, 0.29) is 6.04 Å². The summed E-state index contributed by atoms with van der Waals surface area (Å²) in [5.41, 5.74) is 4.34. The molecule has 1 aliphatic heterocycles. The predicted molar refractivity (Wildman–Crippen MR) is 111 cm³/mol. The molecule has 2 aromatic carbocycles. The molecule has 0 saturated carbocycles. The van der Waals surface area contributed by atoms with Gasteiger partial charge in [0.15, 0.2) is 5.96 Å². The molecular weight excluding hydrogens is 334 g/mol. The van der Waals surface area contributed by atoms with E-state index in [0.29, 0.717) is 12.1 Å². The van der Waals surface area contributed by atoms with Crippen molar-refractivity contribution in [3.8, 4) is 6.07 Å². The first-order valence-corrected chi connectivity index (χ1v) is 9.51. The Kier molecular flexibility index (Phi) is 6.32. The lowest BCUT2D eigenvalue weighted by Crippen LogP contribution is -2.38. The minimum Gasteiger partial charge on any atom is -0.372 e. The van der Waals surface area contributed by atoms with Gasteiger partial charge in [0.25, 0.3) is 0 Å². The van der Waals surface area contributed by atoms with E-state index in [2.05, 4.69) is 57.8 Å². The quantitative estimate of drug-likeness (QED) is 0.631. The Bertz CT molecular complexity index is 813. The van der Waals surface area contributed by atoms with E-state index < -0.39 is 0 Å². The van der Waals surface area contributed by atoms with Crippen LogP contribution in [0.5, 0.6) is 0 Å². The number of nitriles is 1. The van der Waals surface area contributed by atoms with Crippen LogP contribution in [0.2, 0.25) is 0 Å².